The zero-order chi connectivity index (χ0) is 18.4. The van der Waals surface area contributed by atoms with Gasteiger partial charge in [-0.1, -0.05) is 31.9 Å². The van der Waals surface area contributed by atoms with Crippen molar-refractivity contribution in [1.29, 1.82) is 0 Å². The van der Waals surface area contributed by atoms with E-state index in [1.165, 1.54) is 19.3 Å². The van der Waals surface area contributed by atoms with Gasteiger partial charge in [-0.3, -0.25) is 14.5 Å². The molecule has 1 aliphatic rings. The molecule has 1 fully saturated rings. The number of hydrogen-bond donors (Lipinski definition) is 2. The molecule has 0 unspecified atom stereocenters. The molecule has 5 nitrogen and oxygen atoms in total. The molecule has 0 aliphatic heterocycles. The molecule has 25 heavy (non-hydrogen) atoms. The zero-order valence-corrected chi connectivity index (χ0v) is 15.9. The van der Waals surface area contributed by atoms with Crippen molar-refractivity contribution in [3.63, 3.8) is 0 Å². The molecule has 0 aromatic heterocycles. The van der Waals surface area contributed by atoms with Gasteiger partial charge < -0.3 is 10.6 Å². The SMILES string of the molecule is Cc1cccc(NC(=O)CN(C)CC(=O)N[C@@H]2CCCC[C@@H]2C)c1C. The van der Waals surface area contributed by atoms with Crippen LogP contribution in [0.1, 0.15) is 43.7 Å². The lowest BCUT2D eigenvalue weighted by atomic mass is 9.86. The Balaban J connectivity index is 1.78. The molecule has 0 spiro atoms. The zero-order valence-electron chi connectivity index (χ0n) is 15.9. The number of hydrogen-bond acceptors (Lipinski definition) is 3. The van der Waals surface area contributed by atoms with Gasteiger partial charge in [-0.15, -0.1) is 0 Å². The van der Waals surface area contributed by atoms with Crippen molar-refractivity contribution in [2.75, 3.05) is 25.5 Å². The van der Waals surface area contributed by atoms with Crippen LogP contribution in [0.3, 0.4) is 0 Å². The molecule has 0 saturated heterocycles. The van der Waals surface area contributed by atoms with Gasteiger partial charge in [0.25, 0.3) is 0 Å². The highest BCUT2D eigenvalue weighted by Crippen LogP contribution is 2.23. The molecule has 138 valence electrons. The van der Waals surface area contributed by atoms with E-state index < -0.39 is 0 Å². The van der Waals surface area contributed by atoms with Gasteiger partial charge in [-0.25, -0.2) is 0 Å². The van der Waals surface area contributed by atoms with Crippen LogP contribution in [0.25, 0.3) is 0 Å². The smallest absolute Gasteiger partial charge is 0.238 e. The van der Waals surface area contributed by atoms with E-state index >= 15 is 0 Å². The van der Waals surface area contributed by atoms with Gasteiger partial charge in [0.1, 0.15) is 0 Å². The molecule has 2 N–H and O–H groups in total. The third-order valence-electron chi connectivity index (χ3n) is 5.16. The van der Waals surface area contributed by atoms with Crippen LogP contribution in [0.5, 0.6) is 0 Å². The van der Waals surface area contributed by atoms with Crippen LogP contribution in [0.15, 0.2) is 18.2 Å². The molecule has 1 aromatic carbocycles. The fourth-order valence-electron chi connectivity index (χ4n) is 3.41. The van der Waals surface area contributed by atoms with E-state index in [4.69, 9.17) is 0 Å². The summed E-state index contributed by atoms with van der Waals surface area (Å²) < 4.78 is 0. The maximum atomic E-state index is 12.2. The molecule has 1 aromatic rings. The number of aryl methyl sites for hydroxylation is 1. The number of likely N-dealkylation sites (N-methyl/N-ethyl adjacent to an activating group) is 1. The topological polar surface area (TPSA) is 61.4 Å². The predicted octanol–water partition coefficient (Wildman–Crippen LogP) is 2.87. The Kier molecular flexibility index (Phi) is 7.00. The molecule has 1 saturated carbocycles. The summed E-state index contributed by atoms with van der Waals surface area (Å²) in [4.78, 5) is 26.2. The number of carbonyl (C=O) groups excluding carboxylic acids is 2. The summed E-state index contributed by atoms with van der Waals surface area (Å²) in [5.74, 6) is 0.437. The van der Waals surface area contributed by atoms with Gasteiger partial charge in [0.05, 0.1) is 13.1 Å². The molecule has 5 heteroatoms. The fourth-order valence-corrected chi connectivity index (χ4v) is 3.41. The summed E-state index contributed by atoms with van der Waals surface area (Å²) >= 11 is 0. The summed E-state index contributed by atoms with van der Waals surface area (Å²) in [6.45, 7) is 6.65. The van der Waals surface area contributed by atoms with Crippen molar-refractivity contribution in [1.82, 2.24) is 10.2 Å². The van der Waals surface area contributed by atoms with Gasteiger partial charge >= 0.3 is 0 Å². The van der Waals surface area contributed by atoms with Crippen molar-refractivity contribution in [3.8, 4) is 0 Å². The van der Waals surface area contributed by atoms with Gasteiger partial charge in [-0.2, -0.15) is 0 Å². The standard InChI is InChI=1S/C20H31N3O2/c1-14-9-7-11-18(16(14)3)22-20(25)13-23(4)12-19(24)21-17-10-6-5-8-15(17)2/h7,9,11,15,17H,5-6,8,10,12-13H2,1-4H3,(H,21,24)(H,22,25)/t15-,17+/m0/s1. The normalized spacial score (nSPS) is 20.4. The third-order valence-corrected chi connectivity index (χ3v) is 5.16. The lowest BCUT2D eigenvalue weighted by Gasteiger charge is -2.30. The Labute approximate surface area is 151 Å². The van der Waals surface area contributed by atoms with Crippen molar-refractivity contribution in [2.45, 2.75) is 52.5 Å². The molecular formula is C20H31N3O2. The Hall–Kier alpha value is -1.88. The number of benzene rings is 1. The highest BCUT2D eigenvalue weighted by Gasteiger charge is 2.23. The minimum Gasteiger partial charge on any atom is -0.352 e. The number of nitrogens with zero attached hydrogens (tertiary/aromatic N) is 1. The van der Waals surface area contributed by atoms with Crippen molar-refractivity contribution >= 4 is 17.5 Å². The van der Waals surface area contributed by atoms with E-state index in [2.05, 4.69) is 17.6 Å². The van der Waals surface area contributed by atoms with Gasteiger partial charge in [-0.05, 0) is 56.8 Å². The quantitative estimate of drug-likeness (QED) is 0.833. The lowest BCUT2D eigenvalue weighted by Crippen LogP contribution is -2.46. The van der Waals surface area contributed by atoms with Gasteiger partial charge in [0, 0.05) is 11.7 Å². The van der Waals surface area contributed by atoms with E-state index in [0.717, 1.165) is 23.2 Å². The highest BCUT2D eigenvalue weighted by atomic mass is 16.2. The van der Waals surface area contributed by atoms with Crippen LogP contribution < -0.4 is 10.6 Å². The van der Waals surface area contributed by atoms with E-state index in [1.54, 1.807) is 11.9 Å². The van der Waals surface area contributed by atoms with E-state index in [-0.39, 0.29) is 30.9 Å². The first-order chi connectivity index (χ1) is 11.9. The summed E-state index contributed by atoms with van der Waals surface area (Å²) in [5, 5.41) is 6.06. The van der Waals surface area contributed by atoms with Crippen LogP contribution in [0, 0.1) is 19.8 Å². The fraction of sp³-hybridized carbons (Fsp3) is 0.600. The maximum absolute atomic E-state index is 12.2. The first kappa shape index (κ1) is 19.4. The molecule has 0 bridgehead atoms. The van der Waals surface area contributed by atoms with Crippen LogP contribution in [0.2, 0.25) is 0 Å². The number of amides is 2. The van der Waals surface area contributed by atoms with Crippen molar-refractivity contribution < 1.29 is 9.59 Å². The van der Waals surface area contributed by atoms with Gasteiger partial charge in [0.2, 0.25) is 11.8 Å². The number of rotatable bonds is 6. The molecule has 2 atom stereocenters. The summed E-state index contributed by atoms with van der Waals surface area (Å²) in [6.07, 6.45) is 4.68. The number of nitrogens with one attached hydrogen (secondary N) is 2. The predicted molar refractivity (Wildman–Crippen MR) is 102 cm³/mol. The minimum absolute atomic E-state index is 0.000728. The Morgan fingerprint density at radius 1 is 1.12 bits per heavy atom. The highest BCUT2D eigenvalue weighted by molar-refractivity contribution is 5.93. The molecule has 2 rings (SSSR count). The number of carbonyl (C=O) groups is 2. The summed E-state index contributed by atoms with van der Waals surface area (Å²) in [5.41, 5.74) is 3.05. The van der Waals surface area contributed by atoms with E-state index in [0.29, 0.717) is 5.92 Å². The van der Waals surface area contributed by atoms with Crippen LogP contribution in [-0.4, -0.2) is 42.9 Å². The second-order valence-corrected chi connectivity index (χ2v) is 7.40. The van der Waals surface area contributed by atoms with Crippen LogP contribution in [-0.2, 0) is 9.59 Å². The summed E-state index contributed by atoms with van der Waals surface area (Å²) in [7, 11) is 1.80. The van der Waals surface area contributed by atoms with Crippen molar-refractivity contribution in [3.05, 3.63) is 29.3 Å². The molecule has 0 radical (unpaired) electrons. The second-order valence-electron chi connectivity index (χ2n) is 7.40. The second kappa shape index (κ2) is 8.99. The average molecular weight is 345 g/mol. The van der Waals surface area contributed by atoms with Gasteiger partial charge in [0.15, 0.2) is 0 Å². The summed E-state index contributed by atoms with van der Waals surface area (Å²) in [6, 6.07) is 6.13. The third kappa shape index (κ3) is 5.85. The lowest BCUT2D eigenvalue weighted by molar-refractivity contribution is -0.124. The molecule has 1 aliphatic carbocycles. The first-order valence-electron chi connectivity index (χ1n) is 9.20. The molecule has 2 amide bonds. The largest absolute Gasteiger partial charge is 0.352 e. The molecular weight excluding hydrogens is 314 g/mol. The monoisotopic (exact) mass is 345 g/mol. The number of anilines is 1. The van der Waals surface area contributed by atoms with Crippen molar-refractivity contribution in [2.24, 2.45) is 5.92 Å². The van der Waals surface area contributed by atoms with E-state index in [9.17, 15) is 9.59 Å². The average Bonchev–Trinajstić information content (AvgIpc) is 2.53. The Morgan fingerprint density at radius 3 is 2.52 bits per heavy atom. The maximum Gasteiger partial charge on any atom is 0.238 e. The van der Waals surface area contributed by atoms with E-state index in [1.807, 2.05) is 32.0 Å². The first-order valence-corrected chi connectivity index (χ1v) is 9.20. The minimum atomic E-state index is -0.102. The molecule has 0 heterocycles. The van der Waals surface area contributed by atoms with Crippen LogP contribution >= 0.6 is 0 Å². The van der Waals surface area contributed by atoms with Crippen LogP contribution in [0.4, 0.5) is 5.69 Å². The Bertz CT molecular complexity index is 615. The Morgan fingerprint density at radius 2 is 1.80 bits per heavy atom.